The van der Waals surface area contributed by atoms with E-state index in [-0.39, 0.29) is 6.42 Å². The molecule has 1 amide bonds. The smallest absolute Gasteiger partial charge is 0.351 e. The van der Waals surface area contributed by atoms with Crippen molar-refractivity contribution < 1.29 is 23.6 Å². The summed E-state index contributed by atoms with van der Waals surface area (Å²) in [6, 6.07) is 11.8. The third kappa shape index (κ3) is 5.02. The number of carbonyl (C=O) groups is 2. The number of nitrogens with one attached hydrogen (secondary N) is 1. The van der Waals surface area contributed by atoms with Gasteiger partial charge in [-0.05, 0) is 55.7 Å². The Morgan fingerprint density at radius 2 is 2.03 bits per heavy atom. The third-order valence-corrected chi connectivity index (χ3v) is 5.39. The lowest BCUT2D eigenvalue weighted by Crippen LogP contribution is -2.28. The summed E-state index contributed by atoms with van der Waals surface area (Å²) in [7, 11) is 0. The molecule has 2 heterocycles. The molecule has 8 heteroatoms. The molecule has 4 rings (SSSR count). The number of benzene rings is 2. The van der Waals surface area contributed by atoms with Gasteiger partial charge in [0.05, 0.1) is 5.71 Å². The molecule has 0 radical (unpaired) electrons. The van der Waals surface area contributed by atoms with Crippen LogP contribution in [0.3, 0.4) is 0 Å². The number of nitrogens with zero attached hydrogens (tertiary/aromatic N) is 2. The zero-order valence-electron chi connectivity index (χ0n) is 17.3. The molecule has 2 aromatic carbocycles. The summed E-state index contributed by atoms with van der Waals surface area (Å²) in [4.78, 5) is 31.9. The first kappa shape index (κ1) is 20.8. The monoisotopic (exact) mass is 425 g/mol. The maximum absolute atomic E-state index is 13.4. The number of amides is 1. The van der Waals surface area contributed by atoms with E-state index >= 15 is 0 Å². The van der Waals surface area contributed by atoms with Crippen molar-refractivity contribution in [2.45, 2.75) is 32.3 Å². The van der Waals surface area contributed by atoms with Crippen LogP contribution in [0.5, 0.6) is 0 Å². The molecule has 0 aliphatic carbocycles. The van der Waals surface area contributed by atoms with Crippen LogP contribution in [0.2, 0.25) is 0 Å². The Morgan fingerprint density at radius 3 is 2.77 bits per heavy atom. The molecule has 1 fully saturated rings. The number of hydrogen-bond donors (Lipinski definition) is 1. The van der Waals surface area contributed by atoms with Crippen LogP contribution < -0.4 is 10.2 Å². The van der Waals surface area contributed by atoms with Gasteiger partial charge in [-0.1, -0.05) is 17.3 Å². The molecule has 0 spiro atoms. The minimum Gasteiger partial charge on any atom is -0.453 e. The highest BCUT2D eigenvalue weighted by molar-refractivity contribution is 6.03. The number of carbonyl (C=O) groups excluding carboxylic acids is 2. The van der Waals surface area contributed by atoms with Crippen molar-refractivity contribution in [3.8, 4) is 0 Å². The fourth-order valence-electron chi connectivity index (χ4n) is 3.72. The lowest BCUT2D eigenvalue weighted by molar-refractivity contribution is -0.157. The van der Waals surface area contributed by atoms with Gasteiger partial charge in [-0.25, -0.2) is 9.18 Å². The van der Waals surface area contributed by atoms with E-state index in [0.717, 1.165) is 24.3 Å². The van der Waals surface area contributed by atoms with Crippen LogP contribution in [0.15, 0.2) is 47.6 Å². The highest BCUT2D eigenvalue weighted by atomic mass is 19.1. The topological polar surface area (TPSA) is 80.2 Å². The van der Waals surface area contributed by atoms with Crippen LogP contribution >= 0.6 is 0 Å². The first-order chi connectivity index (χ1) is 15.0. The Hall–Kier alpha value is -3.42. The zero-order valence-corrected chi connectivity index (χ0v) is 17.3. The maximum Gasteiger partial charge on any atom is 0.351 e. The van der Waals surface area contributed by atoms with Gasteiger partial charge in [-0.15, -0.1) is 0 Å². The molecule has 1 unspecified atom stereocenters. The number of anilines is 2. The van der Waals surface area contributed by atoms with Crippen LogP contribution in [-0.4, -0.2) is 43.4 Å². The fourth-order valence-corrected chi connectivity index (χ4v) is 3.72. The average molecular weight is 425 g/mol. The van der Waals surface area contributed by atoms with Gasteiger partial charge >= 0.3 is 5.97 Å². The van der Waals surface area contributed by atoms with Gasteiger partial charge < -0.3 is 19.8 Å². The van der Waals surface area contributed by atoms with Crippen molar-refractivity contribution in [1.82, 2.24) is 0 Å². The van der Waals surface area contributed by atoms with Crippen molar-refractivity contribution >= 4 is 29.0 Å². The number of rotatable bonds is 6. The molecule has 31 heavy (non-hydrogen) atoms. The van der Waals surface area contributed by atoms with Gasteiger partial charge in [0.15, 0.2) is 6.61 Å². The molecule has 2 aliphatic heterocycles. The largest absolute Gasteiger partial charge is 0.453 e. The molecule has 1 N–H and O–H groups in total. The van der Waals surface area contributed by atoms with Crippen molar-refractivity contribution in [3.05, 3.63) is 59.4 Å². The summed E-state index contributed by atoms with van der Waals surface area (Å²) in [5, 5.41) is 6.61. The molecular formula is C23H24FN3O4. The van der Waals surface area contributed by atoms with Gasteiger partial charge in [0.1, 0.15) is 5.82 Å². The highest BCUT2D eigenvalue weighted by Gasteiger charge is 2.31. The first-order valence-corrected chi connectivity index (χ1v) is 10.3. The lowest BCUT2D eigenvalue weighted by atomic mass is 10.1. The van der Waals surface area contributed by atoms with Gasteiger partial charge in [0.25, 0.3) is 5.91 Å². The Balaban J connectivity index is 1.26. The molecule has 0 saturated carbocycles. The average Bonchev–Trinajstić information content (AvgIpc) is 3.46. The van der Waals surface area contributed by atoms with Crippen LogP contribution in [0.1, 0.15) is 30.4 Å². The van der Waals surface area contributed by atoms with E-state index in [4.69, 9.17) is 9.57 Å². The Labute approximate surface area is 179 Å². The minimum absolute atomic E-state index is 0.154. The van der Waals surface area contributed by atoms with Gasteiger partial charge in [-0.2, -0.15) is 0 Å². The van der Waals surface area contributed by atoms with Crippen molar-refractivity contribution in [2.24, 2.45) is 5.16 Å². The molecular weight excluding hydrogens is 401 g/mol. The maximum atomic E-state index is 13.4. The standard InChI is InChI=1S/C23H24FN3O4/c1-15-11-18(27-9-2-3-10-27)7-8-19(15)25-22(28)14-30-23(29)21-13-20(26-31-21)16-5-4-6-17(24)12-16/h4-8,11-12,21H,2-3,9-10,13-14H2,1H3,(H,25,28). The van der Waals surface area contributed by atoms with E-state index < -0.39 is 30.4 Å². The number of esters is 1. The van der Waals surface area contributed by atoms with E-state index in [9.17, 15) is 14.0 Å². The second-order valence-electron chi connectivity index (χ2n) is 7.70. The first-order valence-electron chi connectivity index (χ1n) is 10.3. The number of oxime groups is 1. The van der Waals surface area contributed by atoms with Crippen molar-refractivity contribution in [3.63, 3.8) is 0 Å². The molecule has 0 bridgehead atoms. The highest BCUT2D eigenvalue weighted by Crippen LogP contribution is 2.25. The summed E-state index contributed by atoms with van der Waals surface area (Å²) < 4.78 is 18.4. The summed E-state index contributed by atoms with van der Waals surface area (Å²) in [6.07, 6.45) is 1.60. The van der Waals surface area contributed by atoms with Gasteiger partial charge in [-0.3, -0.25) is 4.79 Å². The van der Waals surface area contributed by atoms with E-state index in [2.05, 4.69) is 15.4 Å². The number of hydrogen-bond acceptors (Lipinski definition) is 6. The second-order valence-corrected chi connectivity index (χ2v) is 7.70. The molecule has 2 aliphatic rings. The quantitative estimate of drug-likeness (QED) is 0.718. The van der Waals surface area contributed by atoms with Crippen LogP contribution in [0, 0.1) is 12.7 Å². The predicted molar refractivity (Wildman–Crippen MR) is 115 cm³/mol. The SMILES string of the molecule is Cc1cc(N2CCCC2)ccc1NC(=O)COC(=O)C1CC(c2cccc(F)c2)=NO1. The summed E-state index contributed by atoms with van der Waals surface area (Å²) in [5.74, 6) is -1.52. The molecule has 1 saturated heterocycles. The fraction of sp³-hybridized carbons (Fsp3) is 0.348. The third-order valence-electron chi connectivity index (χ3n) is 5.39. The number of aryl methyl sites for hydroxylation is 1. The summed E-state index contributed by atoms with van der Waals surface area (Å²) in [6.45, 7) is 3.60. The van der Waals surface area contributed by atoms with E-state index in [1.54, 1.807) is 12.1 Å². The number of halogens is 1. The molecule has 2 aromatic rings. The summed E-state index contributed by atoms with van der Waals surface area (Å²) >= 11 is 0. The lowest BCUT2D eigenvalue weighted by Gasteiger charge is -2.19. The second kappa shape index (κ2) is 9.16. The Kier molecular flexibility index (Phi) is 6.16. The molecule has 1 atom stereocenters. The molecule has 162 valence electrons. The normalized spacial score (nSPS) is 17.8. The Bertz CT molecular complexity index is 1020. The van der Waals surface area contributed by atoms with Crippen molar-refractivity contribution in [2.75, 3.05) is 29.9 Å². The summed E-state index contributed by atoms with van der Waals surface area (Å²) in [5.41, 5.74) is 3.77. The van der Waals surface area contributed by atoms with Gasteiger partial charge in [0.2, 0.25) is 6.10 Å². The predicted octanol–water partition coefficient (Wildman–Crippen LogP) is 3.41. The Morgan fingerprint density at radius 1 is 1.23 bits per heavy atom. The van der Waals surface area contributed by atoms with E-state index in [1.165, 1.54) is 25.0 Å². The van der Waals surface area contributed by atoms with Gasteiger partial charge in [0, 0.05) is 36.4 Å². The van der Waals surface area contributed by atoms with Crippen LogP contribution in [0.25, 0.3) is 0 Å². The minimum atomic E-state index is -0.951. The molecule has 7 nitrogen and oxygen atoms in total. The van der Waals surface area contributed by atoms with E-state index in [1.807, 2.05) is 25.1 Å². The molecule has 0 aromatic heterocycles. The van der Waals surface area contributed by atoms with Crippen LogP contribution in [-0.2, 0) is 19.2 Å². The van der Waals surface area contributed by atoms with Crippen LogP contribution in [0.4, 0.5) is 15.8 Å². The number of ether oxygens (including phenoxy) is 1. The zero-order chi connectivity index (χ0) is 21.8. The van der Waals surface area contributed by atoms with E-state index in [0.29, 0.717) is 17.0 Å². The van der Waals surface area contributed by atoms with Crippen molar-refractivity contribution in [1.29, 1.82) is 0 Å².